The SMILES string of the molecule is COc1c(C)cc(Br)c(C)c1C(Br)c1ccc(Br)c(Cl)c1. The molecule has 0 radical (unpaired) electrons. The molecule has 0 aliphatic heterocycles. The van der Waals surface area contributed by atoms with Crippen molar-refractivity contribution in [1.82, 2.24) is 0 Å². The molecule has 0 heterocycles. The predicted octanol–water partition coefficient (Wildman–Crippen LogP) is 6.97. The third-order valence-corrected chi connectivity index (χ3v) is 6.44. The molecule has 2 aromatic rings. The lowest BCUT2D eigenvalue weighted by Gasteiger charge is -2.21. The molecule has 112 valence electrons. The monoisotopic (exact) mass is 494 g/mol. The van der Waals surface area contributed by atoms with Crippen LogP contribution in [0, 0.1) is 13.8 Å². The molecule has 0 N–H and O–H groups in total. The largest absolute Gasteiger partial charge is 0.496 e. The Bertz CT molecular complexity index is 686. The van der Waals surface area contributed by atoms with Crippen molar-refractivity contribution in [3.63, 3.8) is 0 Å². The molecule has 0 aromatic heterocycles. The summed E-state index contributed by atoms with van der Waals surface area (Å²) in [7, 11) is 1.70. The Morgan fingerprint density at radius 1 is 1.10 bits per heavy atom. The van der Waals surface area contributed by atoms with Gasteiger partial charge in [0.1, 0.15) is 5.75 Å². The van der Waals surface area contributed by atoms with Gasteiger partial charge in [0.05, 0.1) is 17.0 Å². The Labute approximate surface area is 155 Å². The van der Waals surface area contributed by atoms with E-state index in [2.05, 4.69) is 60.8 Å². The smallest absolute Gasteiger partial charge is 0.126 e. The van der Waals surface area contributed by atoms with Gasteiger partial charge in [-0.15, -0.1) is 0 Å². The van der Waals surface area contributed by atoms with Crippen molar-refractivity contribution in [3.8, 4) is 5.75 Å². The zero-order valence-corrected chi connectivity index (χ0v) is 17.3. The van der Waals surface area contributed by atoms with Crippen LogP contribution in [0.2, 0.25) is 5.02 Å². The molecule has 0 saturated carbocycles. The van der Waals surface area contributed by atoms with Crippen molar-refractivity contribution in [1.29, 1.82) is 0 Å². The summed E-state index contributed by atoms with van der Waals surface area (Å²) in [4.78, 5) is 0.00856. The number of alkyl halides is 1. The maximum absolute atomic E-state index is 6.21. The molecule has 0 amide bonds. The number of hydrogen-bond donors (Lipinski definition) is 0. The summed E-state index contributed by atoms with van der Waals surface area (Å²) in [5.74, 6) is 0.900. The second kappa shape index (κ2) is 7.03. The van der Waals surface area contributed by atoms with Crippen LogP contribution in [0.15, 0.2) is 33.2 Å². The van der Waals surface area contributed by atoms with Gasteiger partial charge >= 0.3 is 0 Å². The average Bonchev–Trinajstić information content (AvgIpc) is 2.44. The summed E-state index contributed by atoms with van der Waals surface area (Å²) in [5.41, 5.74) is 4.45. The summed E-state index contributed by atoms with van der Waals surface area (Å²) in [6.07, 6.45) is 0. The maximum Gasteiger partial charge on any atom is 0.126 e. The van der Waals surface area contributed by atoms with E-state index in [0.29, 0.717) is 5.02 Å². The normalized spacial score (nSPS) is 12.3. The first-order chi connectivity index (χ1) is 9.86. The van der Waals surface area contributed by atoms with Crippen LogP contribution >= 0.6 is 59.4 Å². The fraction of sp³-hybridized carbons (Fsp3) is 0.250. The highest BCUT2D eigenvalue weighted by molar-refractivity contribution is 9.11. The molecule has 1 unspecified atom stereocenters. The van der Waals surface area contributed by atoms with E-state index in [4.69, 9.17) is 16.3 Å². The van der Waals surface area contributed by atoms with E-state index >= 15 is 0 Å². The molecule has 0 saturated heterocycles. The molecule has 0 aliphatic rings. The van der Waals surface area contributed by atoms with Crippen molar-refractivity contribution < 1.29 is 4.74 Å². The Kier molecular flexibility index (Phi) is 5.80. The Balaban J connectivity index is 2.62. The Hall–Kier alpha value is -0.0300. The molecular formula is C16H14Br3ClO. The molecule has 0 bridgehead atoms. The Morgan fingerprint density at radius 2 is 1.76 bits per heavy atom. The molecule has 0 fully saturated rings. The topological polar surface area (TPSA) is 9.23 Å². The van der Waals surface area contributed by atoms with E-state index in [9.17, 15) is 0 Å². The molecule has 2 rings (SSSR count). The minimum Gasteiger partial charge on any atom is -0.496 e. The van der Waals surface area contributed by atoms with E-state index in [-0.39, 0.29) is 4.83 Å². The van der Waals surface area contributed by atoms with Gasteiger partial charge in [-0.1, -0.05) is 49.5 Å². The zero-order valence-electron chi connectivity index (χ0n) is 11.8. The lowest BCUT2D eigenvalue weighted by molar-refractivity contribution is 0.406. The first kappa shape index (κ1) is 17.3. The summed E-state index contributed by atoms with van der Waals surface area (Å²) in [5, 5.41) is 0.695. The van der Waals surface area contributed by atoms with Gasteiger partial charge in [-0.05, 0) is 64.7 Å². The van der Waals surface area contributed by atoms with Crippen molar-refractivity contribution in [3.05, 3.63) is 60.5 Å². The van der Waals surface area contributed by atoms with E-state index in [1.165, 1.54) is 0 Å². The van der Waals surface area contributed by atoms with E-state index in [1.807, 2.05) is 25.1 Å². The summed E-state index contributed by atoms with van der Waals surface area (Å²) >= 11 is 17.0. The van der Waals surface area contributed by atoms with Crippen molar-refractivity contribution >= 4 is 59.4 Å². The summed E-state index contributed by atoms with van der Waals surface area (Å²) in [6, 6.07) is 8.04. The van der Waals surface area contributed by atoms with Crippen LogP contribution in [0.25, 0.3) is 0 Å². The third kappa shape index (κ3) is 3.49. The molecule has 1 nitrogen and oxygen atoms in total. The van der Waals surface area contributed by atoms with Crippen LogP contribution in [0.5, 0.6) is 5.75 Å². The van der Waals surface area contributed by atoms with Gasteiger partial charge in [-0.25, -0.2) is 0 Å². The van der Waals surface area contributed by atoms with Gasteiger partial charge in [0.2, 0.25) is 0 Å². The van der Waals surface area contributed by atoms with Crippen molar-refractivity contribution in [2.75, 3.05) is 7.11 Å². The van der Waals surface area contributed by atoms with Crippen LogP contribution in [0.3, 0.4) is 0 Å². The molecule has 21 heavy (non-hydrogen) atoms. The minimum absolute atomic E-state index is 0.00856. The number of methoxy groups -OCH3 is 1. The fourth-order valence-corrected chi connectivity index (χ4v) is 4.12. The van der Waals surface area contributed by atoms with Gasteiger partial charge < -0.3 is 4.74 Å². The first-order valence-electron chi connectivity index (χ1n) is 6.29. The van der Waals surface area contributed by atoms with Crippen molar-refractivity contribution in [2.45, 2.75) is 18.7 Å². The van der Waals surface area contributed by atoms with Crippen LogP contribution in [0.4, 0.5) is 0 Å². The maximum atomic E-state index is 6.21. The second-order valence-electron chi connectivity index (χ2n) is 4.78. The molecule has 5 heteroatoms. The van der Waals surface area contributed by atoms with Gasteiger partial charge in [0, 0.05) is 14.5 Å². The molecule has 2 aromatic carbocycles. The molecule has 0 spiro atoms. The van der Waals surface area contributed by atoms with Crippen LogP contribution in [-0.2, 0) is 0 Å². The van der Waals surface area contributed by atoms with Gasteiger partial charge in [-0.2, -0.15) is 0 Å². The quantitative estimate of drug-likeness (QED) is 0.416. The lowest BCUT2D eigenvalue weighted by atomic mass is 9.97. The number of rotatable bonds is 3. The highest BCUT2D eigenvalue weighted by Crippen LogP contribution is 2.43. The number of ether oxygens (including phenoxy) is 1. The first-order valence-corrected chi connectivity index (χ1v) is 9.17. The van der Waals surface area contributed by atoms with Gasteiger partial charge in [0.15, 0.2) is 0 Å². The van der Waals surface area contributed by atoms with Crippen molar-refractivity contribution in [2.24, 2.45) is 0 Å². The summed E-state index contributed by atoms with van der Waals surface area (Å²) in [6.45, 7) is 4.12. The van der Waals surface area contributed by atoms with Crippen LogP contribution in [0.1, 0.15) is 27.1 Å². The van der Waals surface area contributed by atoms with E-state index in [1.54, 1.807) is 7.11 Å². The summed E-state index contributed by atoms with van der Waals surface area (Å²) < 4.78 is 7.58. The highest BCUT2D eigenvalue weighted by atomic mass is 79.9. The molecule has 1 atom stereocenters. The lowest BCUT2D eigenvalue weighted by Crippen LogP contribution is -2.03. The standard InChI is InChI=1S/C16H14Br3ClO/c1-8-6-12(18)9(2)14(16(8)21-3)15(19)10-4-5-11(17)13(20)7-10/h4-7,15H,1-3H3. The average molecular weight is 497 g/mol. The van der Waals surface area contributed by atoms with Gasteiger partial charge in [0.25, 0.3) is 0 Å². The number of aryl methyl sites for hydroxylation is 1. The third-order valence-electron chi connectivity index (χ3n) is 3.40. The van der Waals surface area contributed by atoms with E-state index in [0.717, 1.165) is 36.9 Å². The molecule has 0 aliphatic carbocycles. The van der Waals surface area contributed by atoms with E-state index < -0.39 is 0 Å². The minimum atomic E-state index is 0.00856. The Morgan fingerprint density at radius 3 is 2.33 bits per heavy atom. The van der Waals surface area contributed by atoms with Crippen LogP contribution in [-0.4, -0.2) is 7.11 Å². The van der Waals surface area contributed by atoms with Crippen LogP contribution < -0.4 is 4.74 Å². The predicted molar refractivity (Wildman–Crippen MR) is 100 cm³/mol. The van der Waals surface area contributed by atoms with Gasteiger partial charge in [-0.3, -0.25) is 0 Å². The number of halogens is 4. The number of hydrogen-bond acceptors (Lipinski definition) is 1. The highest BCUT2D eigenvalue weighted by Gasteiger charge is 2.21. The second-order valence-corrected chi connectivity index (χ2v) is 7.81. The fourth-order valence-electron chi connectivity index (χ4n) is 2.29. The zero-order chi connectivity index (χ0) is 15.7. The molecular weight excluding hydrogens is 483 g/mol. The number of benzene rings is 2.